The van der Waals surface area contributed by atoms with E-state index in [9.17, 15) is 13.2 Å². The number of methoxy groups -OCH3 is 1. The molecule has 13 heteroatoms. The smallest absolute Gasteiger partial charge is 0.306 e. The largest absolute Gasteiger partial charge is 0.488 e. The first kappa shape index (κ1) is 28.5. The summed E-state index contributed by atoms with van der Waals surface area (Å²) in [5, 5.41) is 8.61. The minimum Gasteiger partial charge on any atom is -0.488 e. The fourth-order valence-electron chi connectivity index (χ4n) is 5.01. The lowest BCUT2D eigenvalue weighted by atomic mass is 9.89. The molecule has 4 aromatic rings. The number of benzene rings is 1. The molecule has 5 rings (SSSR count). The number of pyridine rings is 1. The van der Waals surface area contributed by atoms with Crippen molar-refractivity contribution in [2.45, 2.75) is 63.6 Å². The van der Waals surface area contributed by atoms with Crippen molar-refractivity contribution in [3.8, 4) is 5.75 Å². The van der Waals surface area contributed by atoms with Crippen LogP contribution < -0.4 is 4.74 Å². The molecule has 1 unspecified atom stereocenters. The van der Waals surface area contributed by atoms with E-state index in [4.69, 9.17) is 21.1 Å². The quantitative estimate of drug-likeness (QED) is 0.260. The molecule has 1 aliphatic heterocycles. The van der Waals surface area contributed by atoms with Crippen molar-refractivity contribution in [1.29, 1.82) is 0 Å². The second-order valence-corrected chi connectivity index (χ2v) is 13.2. The fourth-order valence-corrected chi connectivity index (χ4v) is 7.92. The molecule has 40 heavy (non-hydrogen) atoms. The number of nitrogens with zero attached hydrogens (tertiary/aromatic N) is 5. The number of fused-ring (bicyclic) bond motifs is 2. The second-order valence-electron chi connectivity index (χ2n) is 9.60. The van der Waals surface area contributed by atoms with Crippen LogP contribution in [0.25, 0.3) is 11.0 Å². The SMILES string of the molecule is CC[C@@H]1CN(Cc2cc(C(CC(=O)OC)c3ccc4c(nnn4CC)c3C)sc2Cl)S(=O)(=O)c2cnccc2O1. The summed E-state index contributed by atoms with van der Waals surface area (Å²) in [5.74, 6) is -0.433. The average Bonchev–Trinajstić information content (AvgIpc) is 3.51. The molecule has 0 bridgehead atoms. The second kappa shape index (κ2) is 11.4. The Morgan fingerprint density at radius 1 is 1.30 bits per heavy atom. The maximum Gasteiger partial charge on any atom is 0.306 e. The van der Waals surface area contributed by atoms with E-state index in [-0.39, 0.29) is 42.4 Å². The number of esters is 1. The number of rotatable bonds is 8. The number of carbonyl (C=O) groups excluding carboxylic acids is 1. The molecule has 212 valence electrons. The van der Waals surface area contributed by atoms with Crippen LogP contribution in [0.5, 0.6) is 5.75 Å². The summed E-state index contributed by atoms with van der Waals surface area (Å²) in [6.45, 7) is 6.83. The number of thiophene rings is 1. The highest BCUT2D eigenvalue weighted by molar-refractivity contribution is 7.89. The van der Waals surface area contributed by atoms with Crippen molar-refractivity contribution in [3.05, 3.63) is 62.6 Å². The molecule has 0 spiro atoms. The van der Waals surface area contributed by atoms with Crippen molar-refractivity contribution in [2.75, 3.05) is 13.7 Å². The van der Waals surface area contributed by atoms with Crippen LogP contribution in [0.1, 0.15) is 54.2 Å². The maximum absolute atomic E-state index is 13.6. The first-order valence-corrected chi connectivity index (χ1v) is 15.6. The van der Waals surface area contributed by atoms with Gasteiger partial charge in [-0.05, 0) is 55.2 Å². The van der Waals surface area contributed by atoms with Gasteiger partial charge in [0.25, 0.3) is 0 Å². The van der Waals surface area contributed by atoms with Crippen LogP contribution in [0.3, 0.4) is 0 Å². The van der Waals surface area contributed by atoms with Crippen molar-refractivity contribution in [3.63, 3.8) is 0 Å². The number of hydrogen-bond acceptors (Lipinski definition) is 9. The summed E-state index contributed by atoms with van der Waals surface area (Å²) >= 11 is 8.07. The summed E-state index contributed by atoms with van der Waals surface area (Å²) in [6, 6.07) is 7.41. The van der Waals surface area contributed by atoms with Gasteiger partial charge in [-0.25, -0.2) is 13.1 Å². The van der Waals surface area contributed by atoms with Gasteiger partial charge in [-0.15, -0.1) is 16.4 Å². The summed E-state index contributed by atoms with van der Waals surface area (Å²) < 4.78 is 42.0. The lowest BCUT2D eigenvalue weighted by Crippen LogP contribution is -2.36. The van der Waals surface area contributed by atoms with Crippen molar-refractivity contribution in [2.24, 2.45) is 0 Å². The van der Waals surface area contributed by atoms with Crippen LogP contribution in [0.4, 0.5) is 0 Å². The Hall–Kier alpha value is -3.06. The molecule has 0 saturated carbocycles. The van der Waals surface area contributed by atoms with Crippen LogP contribution in [-0.2, 0) is 32.6 Å². The Labute approximate surface area is 241 Å². The van der Waals surface area contributed by atoms with Crippen LogP contribution in [0.15, 0.2) is 41.6 Å². The van der Waals surface area contributed by atoms with E-state index in [1.165, 1.54) is 35.1 Å². The topological polar surface area (TPSA) is 117 Å². The van der Waals surface area contributed by atoms with Crippen molar-refractivity contribution < 1.29 is 22.7 Å². The van der Waals surface area contributed by atoms with E-state index < -0.39 is 10.0 Å². The van der Waals surface area contributed by atoms with Gasteiger partial charge in [-0.3, -0.25) is 9.78 Å². The monoisotopic (exact) mass is 603 g/mol. The van der Waals surface area contributed by atoms with Crippen molar-refractivity contribution in [1.82, 2.24) is 24.3 Å². The Morgan fingerprint density at radius 3 is 2.83 bits per heavy atom. The third-order valence-electron chi connectivity index (χ3n) is 7.24. The summed E-state index contributed by atoms with van der Waals surface area (Å²) in [5.41, 5.74) is 4.16. The van der Waals surface area contributed by atoms with E-state index in [2.05, 4.69) is 15.3 Å². The van der Waals surface area contributed by atoms with Crippen LogP contribution >= 0.6 is 22.9 Å². The number of halogens is 1. The minimum absolute atomic E-state index is 0.0325. The van der Waals surface area contributed by atoms with E-state index in [0.717, 1.165) is 27.0 Å². The van der Waals surface area contributed by atoms with Crippen LogP contribution in [0, 0.1) is 6.92 Å². The Bertz CT molecular complexity index is 1670. The molecule has 0 fully saturated rings. The molecular formula is C27H30ClN5O5S2. The van der Waals surface area contributed by atoms with Gasteiger partial charge >= 0.3 is 5.97 Å². The molecule has 0 radical (unpaired) electrons. The van der Waals surface area contributed by atoms with Gasteiger partial charge in [-0.2, -0.15) is 4.31 Å². The molecule has 0 amide bonds. The predicted octanol–water partition coefficient (Wildman–Crippen LogP) is 4.93. The Kier molecular flexibility index (Phi) is 8.14. The summed E-state index contributed by atoms with van der Waals surface area (Å²) in [4.78, 5) is 17.4. The van der Waals surface area contributed by atoms with Gasteiger partial charge in [0.2, 0.25) is 10.0 Å². The Morgan fingerprint density at radius 2 is 2.10 bits per heavy atom. The van der Waals surface area contributed by atoms with E-state index in [0.29, 0.717) is 28.6 Å². The molecule has 10 nitrogen and oxygen atoms in total. The van der Waals surface area contributed by atoms with Crippen molar-refractivity contribution >= 4 is 50.0 Å². The summed E-state index contributed by atoms with van der Waals surface area (Å²) in [6.07, 6.45) is 3.22. The fraction of sp³-hybridized carbons (Fsp3) is 0.407. The van der Waals surface area contributed by atoms with E-state index in [1.807, 2.05) is 43.7 Å². The highest BCUT2D eigenvalue weighted by Gasteiger charge is 2.35. The molecule has 0 aliphatic carbocycles. The molecule has 4 heterocycles. The number of aromatic nitrogens is 4. The molecule has 0 N–H and O–H groups in total. The van der Waals surface area contributed by atoms with Gasteiger partial charge in [-0.1, -0.05) is 29.8 Å². The first-order chi connectivity index (χ1) is 19.2. The number of aryl methyl sites for hydroxylation is 2. The van der Waals surface area contributed by atoms with E-state index >= 15 is 0 Å². The molecule has 0 saturated heterocycles. The first-order valence-electron chi connectivity index (χ1n) is 13.0. The summed E-state index contributed by atoms with van der Waals surface area (Å²) in [7, 11) is -2.54. The number of hydrogen-bond donors (Lipinski definition) is 0. The van der Waals surface area contributed by atoms with Gasteiger partial charge < -0.3 is 9.47 Å². The average molecular weight is 604 g/mol. The van der Waals surface area contributed by atoms with Gasteiger partial charge in [0.05, 0.1) is 36.1 Å². The number of carbonyl (C=O) groups is 1. The predicted molar refractivity (Wildman–Crippen MR) is 152 cm³/mol. The molecule has 1 aliphatic rings. The van der Waals surface area contributed by atoms with E-state index in [1.54, 1.807) is 6.07 Å². The van der Waals surface area contributed by atoms with Crippen LogP contribution in [-0.4, -0.2) is 58.4 Å². The third kappa shape index (κ3) is 5.20. The van der Waals surface area contributed by atoms with Crippen LogP contribution in [0.2, 0.25) is 4.34 Å². The molecule has 2 atom stereocenters. The van der Waals surface area contributed by atoms with Gasteiger partial charge in [0.1, 0.15) is 22.3 Å². The minimum atomic E-state index is -3.89. The number of ether oxygens (including phenoxy) is 2. The lowest BCUT2D eigenvalue weighted by molar-refractivity contribution is -0.140. The zero-order valence-electron chi connectivity index (χ0n) is 22.6. The normalized spacial score (nSPS) is 17.7. The highest BCUT2D eigenvalue weighted by Crippen LogP contribution is 2.41. The van der Waals surface area contributed by atoms with Gasteiger partial charge in [0.15, 0.2) is 0 Å². The number of sulfonamides is 1. The molecule has 3 aromatic heterocycles. The Balaban J connectivity index is 1.53. The standard InChI is InChI=1S/C27H30ClN5O5S2/c1-5-18-15-32(40(35,36)24-13-29-10-9-22(24)38-18)14-17-11-23(39-27(17)28)20(12-25(34)37-4)19-7-8-21-26(16(19)3)30-31-33(21)6-2/h7-11,13,18,20H,5-6,12,14-15H2,1-4H3/t18-,20?/m1/s1. The lowest BCUT2D eigenvalue weighted by Gasteiger charge is -2.22. The third-order valence-corrected chi connectivity index (χ3v) is 10.6. The molecule has 1 aromatic carbocycles. The van der Waals surface area contributed by atoms with Gasteiger partial charge in [0, 0.05) is 30.1 Å². The zero-order chi connectivity index (χ0) is 28.6. The maximum atomic E-state index is 13.6. The molecular weight excluding hydrogens is 574 g/mol. The highest BCUT2D eigenvalue weighted by atomic mass is 35.5. The zero-order valence-corrected chi connectivity index (χ0v) is 25.0.